The maximum atomic E-state index is 6.79. The Bertz CT molecular complexity index is 1720. The Morgan fingerprint density at radius 2 is 1.80 bits per heavy atom. The highest BCUT2D eigenvalue weighted by Gasteiger charge is 2.31. The van der Waals surface area contributed by atoms with Crippen molar-refractivity contribution in [1.29, 1.82) is 0 Å². The molecule has 0 spiro atoms. The fraction of sp³-hybridized carbons (Fsp3) is 0.323. The third-order valence-corrected chi connectivity index (χ3v) is 9.17. The minimum absolute atomic E-state index is 0.0733. The molecule has 0 bridgehead atoms. The minimum atomic E-state index is 0.0733. The topological polar surface area (TPSA) is 61.0 Å². The number of halogens is 2. The average molecular weight is 699 g/mol. The van der Waals surface area contributed by atoms with Crippen LogP contribution in [-0.4, -0.2) is 35.2 Å². The van der Waals surface area contributed by atoms with Gasteiger partial charge in [-0.15, -0.1) is 9.24 Å². The molecule has 10 heteroatoms. The van der Waals surface area contributed by atoms with E-state index < -0.39 is 0 Å². The second kappa shape index (κ2) is 11.5. The van der Waals surface area contributed by atoms with Crippen LogP contribution in [-0.2, 0) is 25.8 Å². The van der Waals surface area contributed by atoms with Crippen LogP contribution in [0.15, 0.2) is 48.9 Å². The van der Waals surface area contributed by atoms with Gasteiger partial charge in [0, 0.05) is 42.2 Å². The summed E-state index contributed by atoms with van der Waals surface area (Å²) in [5.41, 5.74) is 9.31. The zero-order valence-corrected chi connectivity index (χ0v) is 27.7. The molecule has 5 aromatic rings. The van der Waals surface area contributed by atoms with Gasteiger partial charge in [0.1, 0.15) is 0 Å². The number of aryl methyl sites for hydroxylation is 2. The number of nitrogens with zero attached hydrogens (tertiary/aromatic N) is 6. The Balaban J connectivity index is 1.57. The standard InChI is InChI=1S/C31H33ClIN6OP/c1-5-19-8-7-9-20(6-2)28(19)39-30(27-22-10-13-38(33)29(22)24(32)14-26(27)41)23-17-37(12-11-25(23)36-39)31-34-15-21(16-35-31)40-18(3)4/h7-10,13-16,18H,5-6,11-12,17,41H2,1-4H3. The summed E-state index contributed by atoms with van der Waals surface area (Å²) >= 11 is 9.09. The highest BCUT2D eigenvalue weighted by atomic mass is 127. The Kier molecular flexibility index (Phi) is 8.00. The quantitative estimate of drug-likeness (QED) is 0.134. The van der Waals surface area contributed by atoms with Gasteiger partial charge < -0.3 is 9.64 Å². The molecule has 1 aliphatic heterocycles. The Morgan fingerprint density at radius 3 is 2.46 bits per heavy atom. The third-order valence-electron chi connectivity index (χ3n) is 7.62. The lowest BCUT2D eigenvalue weighted by Crippen LogP contribution is -2.31. The number of rotatable bonds is 7. The first-order chi connectivity index (χ1) is 19.8. The fourth-order valence-corrected chi connectivity index (χ4v) is 7.49. The van der Waals surface area contributed by atoms with Crippen LogP contribution >= 0.6 is 43.7 Å². The van der Waals surface area contributed by atoms with Crippen molar-refractivity contribution < 1.29 is 4.74 Å². The number of para-hydroxylation sites is 1. The molecule has 2 aromatic carbocycles. The van der Waals surface area contributed by atoms with Crippen molar-refractivity contribution in [1.82, 2.24) is 22.5 Å². The zero-order chi connectivity index (χ0) is 28.8. The summed E-state index contributed by atoms with van der Waals surface area (Å²) < 4.78 is 10.1. The van der Waals surface area contributed by atoms with Crippen molar-refractivity contribution in [2.45, 2.75) is 59.6 Å². The Labute approximate surface area is 262 Å². The van der Waals surface area contributed by atoms with Crippen LogP contribution in [0, 0.1) is 0 Å². The van der Waals surface area contributed by atoms with E-state index in [2.05, 4.69) is 98.7 Å². The number of hydrogen-bond donors (Lipinski definition) is 0. The second-order valence-electron chi connectivity index (χ2n) is 10.6. The maximum Gasteiger partial charge on any atom is 0.225 e. The molecule has 3 aromatic heterocycles. The van der Waals surface area contributed by atoms with E-state index in [1.165, 1.54) is 22.4 Å². The fourth-order valence-electron chi connectivity index (χ4n) is 5.79. The number of benzene rings is 2. The molecule has 0 amide bonds. The van der Waals surface area contributed by atoms with E-state index in [9.17, 15) is 0 Å². The molecule has 4 heterocycles. The smallest absolute Gasteiger partial charge is 0.225 e. The van der Waals surface area contributed by atoms with Crippen molar-refractivity contribution >= 4 is 65.9 Å². The van der Waals surface area contributed by atoms with E-state index in [0.29, 0.717) is 18.2 Å². The summed E-state index contributed by atoms with van der Waals surface area (Å²) in [6.07, 6.45) is 8.31. The van der Waals surface area contributed by atoms with Gasteiger partial charge >= 0.3 is 0 Å². The summed E-state index contributed by atoms with van der Waals surface area (Å²) in [5, 5.41) is 8.23. The van der Waals surface area contributed by atoms with Crippen molar-refractivity contribution in [3.05, 3.63) is 76.3 Å². The highest BCUT2D eigenvalue weighted by molar-refractivity contribution is 14.1. The number of ether oxygens (including phenoxy) is 1. The van der Waals surface area contributed by atoms with E-state index in [1.807, 2.05) is 19.9 Å². The lowest BCUT2D eigenvalue weighted by Gasteiger charge is -2.27. The molecule has 0 saturated heterocycles. The lowest BCUT2D eigenvalue weighted by molar-refractivity contribution is 0.240. The first-order valence-electron chi connectivity index (χ1n) is 14.0. The van der Waals surface area contributed by atoms with Gasteiger partial charge in [-0.05, 0) is 55.3 Å². The van der Waals surface area contributed by atoms with Crippen molar-refractivity contribution in [3.63, 3.8) is 0 Å². The molecule has 41 heavy (non-hydrogen) atoms. The number of aromatic nitrogens is 5. The van der Waals surface area contributed by atoms with Gasteiger partial charge in [-0.1, -0.05) is 43.6 Å². The molecule has 1 unspecified atom stereocenters. The van der Waals surface area contributed by atoms with Crippen LogP contribution in [0.2, 0.25) is 5.02 Å². The molecule has 1 atom stereocenters. The van der Waals surface area contributed by atoms with Gasteiger partial charge in [0.25, 0.3) is 0 Å². The summed E-state index contributed by atoms with van der Waals surface area (Å²) in [5.74, 6) is 1.37. The van der Waals surface area contributed by atoms with Crippen LogP contribution < -0.4 is 14.9 Å². The van der Waals surface area contributed by atoms with Crippen LogP contribution in [0.5, 0.6) is 5.75 Å². The van der Waals surface area contributed by atoms with E-state index in [0.717, 1.165) is 64.0 Å². The van der Waals surface area contributed by atoms with E-state index in [-0.39, 0.29) is 6.10 Å². The summed E-state index contributed by atoms with van der Waals surface area (Å²) in [4.78, 5) is 11.6. The Morgan fingerprint density at radius 1 is 1.10 bits per heavy atom. The monoisotopic (exact) mass is 698 g/mol. The number of fused-ring (bicyclic) bond motifs is 2. The van der Waals surface area contributed by atoms with Crippen LogP contribution in [0.25, 0.3) is 27.8 Å². The molecule has 1 aliphatic rings. The van der Waals surface area contributed by atoms with Gasteiger partial charge in [0.05, 0.1) is 69.0 Å². The zero-order valence-electron chi connectivity index (χ0n) is 23.7. The van der Waals surface area contributed by atoms with Gasteiger partial charge in [0.15, 0.2) is 5.75 Å². The first kappa shape index (κ1) is 28.4. The molecule has 0 N–H and O–H groups in total. The second-order valence-corrected chi connectivity index (χ2v) is 12.7. The minimum Gasteiger partial charge on any atom is -0.488 e. The van der Waals surface area contributed by atoms with Gasteiger partial charge in [-0.25, -0.2) is 14.6 Å². The summed E-state index contributed by atoms with van der Waals surface area (Å²) in [6, 6.07) is 10.8. The van der Waals surface area contributed by atoms with E-state index >= 15 is 0 Å². The van der Waals surface area contributed by atoms with Crippen LogP contribution in [0.4, 0.5) is 5.95 Å². The molecule has 0 aliphatic carbocycles. The van der Waals surface area contributed by atoms with Gasteiger partial charge in [-0.2, -0.15) is 5.10 Å². The molecule has 6 rings (SSSR count). The molecular weight excluding hydrogens is 666 g/mol. The molecule has 0 radical (unpaired) electrons. The predicted molar refractivity (Wildman–Crippen MR) is 180 cm³/mol. The normalized spacial score (nSPS) is 13.3. The number of hydrogen-bond acceptors (Lipinski definition) is 5. The molecule has 212 valence electrons. The van der Waals surface area contributed by atoms with Gasteiger partial charge in [0.2, 0.25) is 5.95 Å². The maximum absolute atomic E-state index is 6.79. The van der Waals surface area contributed by atoms with E-state index in [4.69, 9.17) is 21.4 Å². The van der Waals surface area contributed by atoms with Gasteiger partial charge in [-0.3, -0.25) is 2.78 Å². The predicted octanol–water partition coefficient (Wildman–Crippen LogP) is 7.11. The van der Waals surface area contributed by atoms with Crippen LogP contribution in [0.3, 0.4) is 0 Å². The van der Waals surface area contributed by atoms with Crippen LogP contribution in [0.1, 0.15) is 50.1 Å². The van der Waals surface area contributed by atoms with E-state index in [1.54, 1.807) is 12.4 Å². The molecule has 7 nitrogen and oxygen atoms in total. The first-order valence-corrected chi connectivity index (χ1v) is 15.9. The number of anilines is 1. The summed E-state index contributed by atoms with van der Waals surface area (Å²) in [7, 11) is 2.93. The summed E-state index contributed by atoms with van der Waals surface area (Å²) in [6.45, 7) is 9.87. The largest absolute Gasteiger partial charge is 0.488 e. The van der Waals surface area contributed by atoms with Crippen molar-refractivity contribution in [2.75, 3.05) is 11.4 Å². The van der Waals surface area contributed by atoms with Crippen molar-refractivity contribution in [3.8, 4) is 22.7 Å². The molecule has 0 fully saturated rings. The Hall–Kier alpha value is -2.68. The molecular formula is C31H33ClIN6OP. The van der Waals surface area contributed by atoms with Crippen molar-refractivity contribution in [2.24, 2.45) is 0 Å². The highest BCUT2D eigenvalue weighted by Crippen LogP contribution is 2.41. The third kappa shape index (κ3) is 5.12. The average Bonchev–Trinajstić information content (AvgIpc) is 3.53. The molecule has 0 saturated carbocycles. The lowest BCUT2D eigenvalue weighted by atomic mass is 9.97. The SMILES string of the molecule is CCc1cccc(CC)c1-n1nc2c(c1-c1c(P)cc(Cl)c3c1ccn3I)CN(c1ncc(OC(C)C)cn1)CC2.